The highest BCUT2D eigenvalue weighted by molar-refractivity contribution is 6.31. The average Bonchev–Trinajstić information content (AvgIpc) is 2.27. The lowest BCUT2D eigenvalue weighted by atomic mass is 10.3. The molecule has 0 aliphatic carbocycles. The van der Waals surface area contributed by atoms with Gasteiger partial charge in [-0.3, -0.25) is 4.98 Å². The highest BCUT2D eigenvalue weighted by atomic mass is 35.5. The minimum absolute atomic E-state index is 0. The molecule has 0 aliphatic rings. The van der Waals surface area contributed by atoms with Crippen LogP contribution in [0.25, 0.3) is 11.1 Å². The predicted octanol–water partition coefficient (Wildman–Crippen LogP) is 2.20. The summed E-state index contributed by atoms with van der Waals surface area (Å²) in [4.78, 5) is 13.1. The Labute approximate surface area is 78.7 Å². The Morgan fingerprint density at radius 2 is 2.17 bits per heavy atom. The van der Waals surface area contributed by atoms with Crippen molar-refractivity contribution in [3.8, 4) is 0 Å². The van der Waals surface area contributed by atoms with Crippen LogP contribution in [0.3, 0.4) is 0 Å². The van der Waals surface area contributed by atoms with Gasteiger partial charge in [0.15, 0.2) is 5.58 Å². The first-order valence-electron chi connectivity index (χ1n) is 3.04. The Balaban J connectivity index is 0.000000720. The van der Waals surface area contributed by atoms with E-state index in [-0.39, 0.29) is 12.4 Å². The van der Waals surface area contributed by atoms with Crippen LogP contribution in [-0.4, -0.2) is 4.98 Å². The van der Waals surface area contributed by atoms with Gasteiger partial charge in [-0.25, -0.2) is 4.79 Å². The molecule has 0 unspecified atom stereocenters. The Morgan fingerprint density at radius 3 is 2.92 bits per heavy atom. The van der Waals surface area contributed by atoms with Crippen molar-refractivity contribution in [2.24, 2.45) is 0 Å². The molecule has 0 radical (unpaired) electrons. The van der Waals surface area contributed by atoms with Crippen LogP contribution < -0.4 is 5.76 Å². The van der Waals surface area contributed by atoms with E-state index in [1.807, 2.05) is 0 Å². The highest BCUT2D eigenvalue weighted by Crippen LogP contribution is 2.15. The van der Waals surface area contributed by atoms with E-state index in [4.69, 9.17) is 16.0 Å². The second-order valence-corrected chi connectivity index (χ2v) is 2.59. The number of aromatic amines is 1. The zero-order chi connectivity index (χ0) is 7.84. The molecular formula is C7H5Cl2NO2. The maximum Gasteiger partial charge on any atom is 0.417 e. The number of oxazole rings is 1. The van der Waals surface area contributed by atoms with Crippen molar-refractivity contribution < 1.29 is 4.42 Å². The van der Waals surface area contributed by atoms with Gasteiger partial charge in [-0.1, -0.05) is 11.6 Å². The lowest BCUT2D eigenvalue weighted by Crippen LogP contribution is -1.92. The van der Waals surface area contributed by atoms with Gasteiger partial charge < -0.3 is 4.42 Å². The molecular weight excluding hydrogens is 201 g/mol. The summed E-state index contributed by atoms with van der Waals surface area (Å²) in [7, 11) is 0. The normalized spacial score (nSPS) is 9.75. The average molecular weight is 206 g/mol. The van der Waals surface area contributed by atoms with Crippen molar-refractivity contribution >= 4 is 35.1 Å². The molecule has 2 aromatic rings. The monoisotopic (exact) mass is 205 g/mol. The molecule has 1 N–H and O–H groups in total. The number of fused-ring (bicyclic) bond motifs is 1. The molecule has 1 aromatic carbocycles. The molecule has 3 nitrogen and oxygen atoms in total. The fraction of sp³-hybridized carbons (Fsp3) is 0. The van der Waals surface area contributed by atoms with Crippen molar-refractivity contribution in [3.05, 3.63) is 33.8 Å². The molecule has 5 heteroatoms. The molecule has 1 aromatic heterocycles. The van der Waals surface area contributed by atoms with Crippen molar-refractivity contribution in [3.63, 3.8) is 0 Å². The van der Waals surface area contributed by atoms with Gasteiger partial charge in [0, 0.05) is 5.02 Å². The number of rotatable bonds is 0. The first kappa shape index (κ1) is 9.16. The number of H-pyrrole nitrogens is 1. The number of benzene rings is 1. The summed E-state index contributed by atoms with van der Waals surface area (Å²) in [5, 5.41) is 0.578. The second kappa shape index (κ2) is 3.21. The van der Waals surface area contributed by atoms with Gasteiger partial charge in [0.2, 0.25) is 0 Å². The van der Waals surface area contributed by atoms with Crippen LogP contribution in [-0.2, 0) is 0 Å². The molecule has 64 valence electrons. The Hall–Kier alpha value is -0.930. The number of halogens is 2. The summed E-state index contributed by atoms with van der Waals surface area (Å²) < 4.78 is 4.75. The molecule has 0 fully saturated rings. The van der Waals surface area contributed by atoms with Crippen LogP contribution in [0.5, 0.6) is 0 Å². The molecule has 12 heavy (non-hydrogen) atoms. The van der Waals surface area contributed by atoms with Crippen LogP contribution in [0.2, 0.25) is 5.02 Å². The number of hydrogen-bond donors (Lipinski definition) is 1. The molecule has 2 rings (SSSR count). The summed E-state index contributed by atoms with van der Waals surface area (Å²) >= 11 is 5.66. The fourth-order valence-corrected chi connectivity index (χ4v) is 1.10. The number of nitrogens with one attached hydrogen (secondary N) is 1. The van der Waals surface area contributed by atoms with Crippen LogP contribution in [0.4, 0.5) is 0 Å². The fourth-order valence-electron chi connectivity index (χ4n) is 0.924. The van der Waals surface area contributed by atoms with Crippen LogP contribution in [0.15, 0.2) is 27.4 Å². The van der Waals surface area contributed by atoms with E-state index in [1.165, 1.54) is 0 Å². The van der Waals surface area contributed by atoms with Gasteiger partial charge in [0.1, 0.15) is 0 Å². The molecule has 0 amide bonds. The van der Waals surface area contributed by atoms with Crippen molar-refractivity contribution in [2.75, 3.05) is 0 Å². The zero-order valence-electron chi connectivity index (χ0n) is 5.83. The topological polar surface area (TPSA) is 46.0 Å². The predicted molar refractivity (Wildman–Crippen MR) is 49.1 cm³/mol. The molecule has 0 saturated carbocycles. The molecule has 0 aliphatic heterocycles. The van der Waals surface area contributed by atoms with E-state index in [2.05, 4.69) is 4.98 Å². The van der Waals surface area contributed by atoms with Gasteiger partial charge >= 0.3 is 5.76 Å². The summed E-state index contributed by atoms with van der Waals surface area (Å²) in [6.45, 7) is 0. The third-order valence-electron chi connectivity index (χ3n) is 1.38. The third-order valence-corrected chi connectivity index (χ3v) is 1.62. The maximum absolute atomic E-state index is 10.6. The Kier molecular flexibility index (Phi) is 2.45. The smallest absolute Gasteiger partial charge is 0.408 e. The van der Waals surface area contributed by atoms with Crippen LogP contribution in [0.1, 0.15) is 0 Å². The van der Waals surface area contributed by atoms with E-state index in [9.17, 15) is 4.79 Å². The minimum Gasteiger partial charge on any atom is -0.408 e. The van der Waals surface area contributed by atoms with Crippen LogP contribution in [0, 0.1) is 0 Å². The second-order valence-electron chi connectivity index (χ2n) is 2.16. The quantitative estimate of drug-likeness (QED) is 0.717. The lowest BCUT2D eigenvalue weighted by Gasteiger charge is -1.86. The summed E-state index contributed by atoms with van der Waals surface area (Å²) in [6, 6.07) is 4.96. The van der Waals surface area contributed by atoms with Gasteiger partial charge in [-0.05, 0) is 18.2 Å². The standard InChI is InChI=1S/C7H4ClNO2.ClH/c8-4-1-2-6-5(3-4)9-7(10)11-6;/h1-3H,(H,9,10);1H. The van der Waals surface area contributed by atoms with Crippen molar-refractivity contribution in [2.45, 2.75) is 0 Å². The molecule has 1 heterocycles. The summed E-state index contributed by atoms with van der Waals surface area (Å²) in [6.07, 6.45) is 0. The van der Waals surface area contributed by atoms with Gasteiger partial charge in [-0.2, -0.15) is 0 Å². The maximum atomic E-state index is 10.6. The number of hydrogen-bond acceptors (Lipinski definition) is 2. The first-order chi connectivity index (χ1) is 5.25. The number of aromatic nitrogens is 1. The van der Waals surface area contributed by atoms with Crippen molar-refractivity contribution in [1.82, 2.24) is 4.98 Å². The summed E-state index contributed by atoms with van der Waals surface area (Å²) in [5.74, 6) is -0.456. The van der Waals surface area contributed by atoms with Gasteiger partial charge in [0.25, 0.3) is 0 Å². The van der Waals surface area contributed by atoms with E-state index in [1.54, 1.807) is 18.2 Å². The Bertz CT molecular complexity index is 446. The lowest BCUT2D eigenvalue weighted by molar-refractivity contribution is 0.555. The van der Waals surface area contributed by atoms with E-state index in [0.717, 1.165) is 0 Å². The van der Waals surface area contributed by atoms with E-state index in [0.29, 0.717) is 16.1 Å². The Morgan fingerprint density at radius 1 is 1.42 bits per heavy atom. The molecule has 0 atom stereocenters. The third kappa shape index (κ3) is 1.47. The zero-order valence-corrected chi connectivity index (χ0v) is 7.41. The van der Waals surface area contributed by atoms with E-state index >= 15 is 0 Å². The minimum atomic E-state index is -0.456. The van der Waals surface area contributed by atoms with E-state index < -0.39 is 5.76 Å². The summed E-state index contributed by atoms with van der Waals surface area (Å²) in [5.41, 5.74) is 1.15. The van der Waals surface area contributed by atoms with Gasteiger partial charge in [0.05, 0.1) is 5.52 Å². The highest BCUT2D eigenvalue weighted by Gasteiger charge is 1.99. The van der Waals surface area contributed by atoms with Gasteiger partial charge in [-0.15, -0.1) is 12.4 Å². The molecule has 0 saturated heterocycles. The first-order valence-corrected chi connectivity index (χ1v) is 3.42. The van der Waals surface area contributed by atoms with Crippen LogP contribution >= 0.6 is 24.0 Å². The van der Waals surface area contributed by atoms with Crippen molar-refractivity contribution in [1.29, 1.82) is 0 Å². The molecule has 0 bridgehead atoms. The largest absolute Gasteiger partial charge is 0.417 e. The SMILES string of the molecule is Cl.O=c1[nH]c2cc(Cl)ccc2o1. The molecule has 0 spiro atoms.